The Kier molecular flexibility index (Phi) is 40.0. The molecule has 8 aromatic heterocycles. The zero-order valence-electron chi connectivity index (χ0n) is 76.5. The van der Waals surface area contributed by atoms with E-state index in [4.69, 9.17) is 71.6 Å². The van der Waals surface area contributed by atoms with Gasteiger partial charge in [0, 0.05) is 34.7 Å². The number of allylic oxidation sites excluding steroid dienone is 1. The van der Waals surface area contributed by atoms with Crippen LogP contribution in [0.15, 0.2) is 336 Å². The van der Waals surface area contributed by atoms with Gasteiger partial charge in [0.05, 0.1) is 102 Å². The predicted molar refractivity (Wildman–Crippen MR) is 522 cm³/mol. The normalized spacial score (nSPS) is 11.0. The fraction of sp³-hybridized carbons (Fsp3) is 0.119. The Morgan fingerprint density at radius 1 is 0.424 bits per heavy atom. The van der Waals surface area contributed by atoms with Crippen molar-refractivity contribution in [3.63, 3.8) is 0 Å². The number of methoxy groups -OCH3 is 5. The minimum absolute atomic E-state index is 0.00358. The first-order valence-corrected chi connectivity index (χ1v) is 42.3. The van der Waals surface area contributed by atoms with Gasteiger partial charge in [-0.1, -0.05) is 104 Å². The van der Waals surface area contributed by atoms with E-state index in [9.17, 15) is 33.6 Å². The molecule has 712 valence electrons. The average Bonchev–Trinajstić information content (AvgIpc) is 1.50. The van der Waals surface area contributed by atoms with E-state index in [-0.39, 0.29) is 40.8 Å². The zero-order valence-corrected chi connectivity index (χ0v) is 77.3. The molecule has 0 unspecified atom stereocenters. The first-order chi connectivity index (χ1) is 67.5. The minimum atomic E-state index is -0.599. The number of aromatic nitrogens is 4. The van der Waals surface area contributed by atoms with E-state index in [2.05, 4.69) is 88.9 Å². The van der Waals surface area contributed by atoms with Crippen LogP contribution in [0, 0.1) is 20.8 Å². The number of phenols is 1. The summed E-state index contributed by atoms with van der Waals surface area (Å²) in [5.41, 5.74) is 20.4. The summed E-state index contributed by atoms with van der Waals surface area (Å²) in [7, 11) is 7.62. The van der Waals surface area contributed by atoms with E-state index in [1.165, 1.54) is 122 Å². The molecular weight excluding hydrogens is 1810 g/mol. The number of aryl methyl sites for hydroxylation is 3. The number of ether oxygens (including phenoxy) is 6. The van der Waals surface area contributed by atoms with Gasteiger partial charge in [0.1, 0.15) is 75.6 Å². The van der Waals surface area contributed by atoms with Crippen molar-refractivity contribution in [1.29, 1.82) is 0 Å². The topological polar surface area (TPSA) is 490 Å². The number of para-hydroxylation sites is 1. The van der Waals surface area contributed by atoms with Gasteiger partial charge in [-0.15, -0.1) is 0 Å². The second-order valence-corrected chi connectivity index (χ2v) is 29.1. The highest BCUT2D eigenvalue weighted by molar-refractivity contribution is 6.33. The smallest absolute Gasteiger partial charge is 0.291 e. The Hall–Kier alpha value is -18.7. The number of H-pyrrole nitrogens is 2. The molecule has 15 rings (SSSR count). The third-order valence-corrected chi connectivity index (χ3v) is 18.7. The molecule has 38 heteroatoms. The van der Waals surface area contributed by atoms with Crippen LogP contribution in [-0.2, 0) is 11.4 Å². The summed E-state index contributed by atoms with van der Waals surface area (Å²) in [5, 5.41) is 48.6. The Labute approximate surface area is 801 Å². The largest absolute Gasteiger partial charge is 0.508 e. The lowest BCUT2D eigenvalue weighted by Crippen LogP contribution is -2.32. The van der Waals surface area contributed by atoms with Crippen molar-refractivity contribution in [2.45, 2.75) is 47.1 Å². The molecule has 0 aliphatic carbocycles. The molecule has 0 bridgehead atoms. The number of halogens is 1. The van der Waals surface area contributed by atoms with Crippen molar-refractivity contribution >= 4 is 102 Å². The molecule has 0 fully saturated rings. The molecule has 0 saturated heterocycles. The molecule has 7 amide bonds. The third-order valence-electron chi connectivity index (χ3n) is 18.4. The Bertz CT molecular complexity index is 6700. The van der Waals surface area contributed by atoms with Crippen LogP contribution in [0.2, 0.25) is 5.02 Å². The zero-order chi connectivity index (χ0) is 99.1. The van der Waals surface area contributed by atoms with Crippen molar-refractivity contribution in [2.75, 3.05) is 35.5 Å². The van der Waals surface area contributed by atoms with Gasteiger partial charge in [-0.25, -0.2) is 32.6 Å². The molecule has 0 spiro atoms. The van der Waals surface area contributed by atoms with Gasteiger partial charge in [-0.2, -0.15) is 40.8 Å². The molecular formula is C101H96ClN17O20. The third kappa shape index (κ3) is 33.5. The monoisotopic (exact) mass is 1900 g/mol. The number of rotatable bonds is 32. The molecule has 0 radical (unpaired) electrons. The van der Waals surface area contributed by atoms with Crippen LogP contribution in [0.4, 0.5) is 0 Å². The quantitative estimate of drug-likeness (QED) is 0.0106. The number of hydrazone groups is 6. The van der Waals surface area contributed by atoms with Gasteiger partial charge in [0.15, 0.2) is 40.1 Å². The van der Waals surface area contributed by atoms with E-state index in [0.29, 0.717) is 131 Å². The van der Waals surface area contributed by atoms with Gasteiger partial charge in [0.25, 0.3) is 41.4 Å². The lowest BCUT2D eigenvalue weighted by atomic mass is 10.1. The number of hydrogen-bond donors (Lipinski definition) is 10. The summed E-state index contributed by atoms with van der Waals surface area (Å²) in [6, 6.07) is 71.2. The summed E-state index contributed by atoms with van der Waals surface area (Å²) < 4.78 is 63.5. The van der Waals surface area contributed by atoms with E-state index >= 15 is 0 Å². The molecule has 0 saturated carbocycles. The van der Waals surface area contributed by atoms with Crippen LogP contribution in [0.25, 0.3) is 23.6 Å². The number of benzene rings is 7. The van der Waals surface area contributed by atoms with Gasteiger partial charge >= 0.3 is 0 Å². The van der Waals surface area contributed by atoms with Gasteiger partial charge in [0.2, 0.25) is 5.75 Å². The summed E-state index contributed by atoms with van der Waals surface area (Å²) in [5.74, 6) is 6.37. The van der Waals surface area contributed by atoms with Crippen molar-refractivity contribution in [2.24, 2.45) is 30.6 Å². The number of aromatic amines is 2. The number of carbonyl (C=O) groups is 7. The predicted octanol–water partition coefficient (Wildman–Crippen LogP) is 17.2. The van der Waals surface area contributed by atoms with E-state index in [0.717, 1.165) is 28.5 Å². The number of carbonyl (C=O) groups excluding carboxylic acids is 7. The van der Waals surface area contributed by atoms with E-state index in [1.807, 2.05) is 95.3 Å². The number of hydrogen-bond acceptors (Lipinski definition) is 28. The highest BCUT2D eigenvalue weighted by Crippen LogP contribution is 2.38. The Morgan fingerprint density at radius 2 is 0.921 bits per heavy atom. The lowest BCUT2D eigenvalue weighted by Gasteiger charge is -2.12. The number of phenolic OH excluding ortho intramolecular Hbond substituents is 1. The maximum atomic E-state index is 12.8. The molecule has 10 N–H and O–H groups in total. The molecule has 0 aliphatic rings. The molecule has 0 atom stereocenters. The Morgan fingerprint density at radius 3 is 1.46 bits per heavy atom. The standard InChI is InChI=1S/C26H25N3O5.C20H18N2O3.C18H18N4O5.C13H11ClN2O2.C12H14N4O2.C12H10N2O3/c1-18-11-13-21(34-18)10-7-15-27-29-26(31)22(28-25(30)20-8-5-4-6-9-20)16-19-12-14-23(32-2)24(17-19)33-3;1-15-11-12-17(25-15)13-21-22-20(23)18-9-5-6-10-19(18)24-14-16-7-3-2-4-8-16;1-24-15-7-11(8-16(25-2)17(15)26-3)10-19-22-18(23)13-9-12(20-21-13)14-5-4-6-27-14;1-9-6-7-10(18-9)8-15-16-13(17)11-4-2-3-5-12(11)14;1-8(2)10-6-11(15-14-10)12(17)16-13-7-9-4-3-5-18-9;15-10-5-3-9(4-6-10)12(16)14-13-8-11-2-1-7-17-11/h4-17H,1-3H3,(H,28,30)(H,29,31);2-13H,14H2,1H3,(H,22,23);4-10H,1-3H3,(H,20,21)(H,22,23);2-8H,1H3,(H,16,17);3-8H,1-2H3,(H,14,15)(H,16,17);1-8,15H,(H,14,16)/b10-7+,22-16+,27-15-;21-13+;19-10+;15-8+;13-7+;13-8+. The van der Waals surface area contributed by atoms with Gasteiger partial charge in [-0.3, -0.25) is 43.8 Å². The van der Waals surface area contributed by atoms with Crippen molar-refractivity contribution in [1.82, 2.24) is 58.3 Å². The van der Waals surface area contributed by atoms with Crippen LogP contribution in [0.5, 0.6) is 40.2 Å². The number of amides is 7. The van der Waals surface area contributed by atoms with Gasteiger partial charge < -0.3 is 65.3 Å². The van der Waals surface area contributed by atoms with Crippen LogP contribution in [-0.4, -0.2) is 140 Å². The molecule has 139 heavy (non-hydrogen) atoms. The minimum Gasteiger partial charge on any atom is -0.508 e. The first kappa shape index (κ1) is 102. The number of nitrogens with zero attached hydrogens (tertiary/aromatic N) is 8. The van der Waals surface area contributed by atoms with Crippen LogP contribution in [0.1, 0.15) is 151 Å². The maximum absolute atomic E-state index is 12.8. The highest BCUT2D eigenvalue weighted by atomic mass is 35.5. The van der Waals surface area contributed by atoms with Crippen molar-refractivity contribution < 1.29 is 93.6 Å². The molecule has 8 heterocycles. The van der Waals surface area contributed by atoms with E-state index < -0.39 is 17.7 Å². The summed E-state index contributed by atoms with van der Waals surface area (Å²) in [4.78, 5) is 84.9. The molecule has 37 nitrogen and oxygen atoms in total. The first-order valence-electron chi connectivity index (χ1n) is 41.9. The second kappa shape index (κ2) is 54.3. The number of furan rings is 6. The van der Waals surface area contributed by atoms with Crippen LogP contribution >= 0.6 is 11.6 Å². The number of nitrogens with one attached hydrogen (secondary N) is 9. The Balaban J connectivity index is 0.000000175. The molecule has 7 aromatic carbocycles. The second-order valence-electron chi connectivity index (χ2n) is 28.7. The molecule has 0 aliphatic heterocycles. The van der Waals surface area contributed by atoms with Crippen LogP contribution in [0.3, 0.4) is 0 Å². The number of aromatic hydroxyl groups is 1. The fourth-order valence-electron chi connectivity index (χ4n) is 11.5. The average molecular weight is 1900 g/mol. The highest BCUT2D eigenvalue weighted by Gasteiger charge is 2.20. The lowest BCUT2D eigenvalue weighted by molar-refractivity contribution is -0.117. The summed E-state index contributed by atoms with van der Waals surface area (Å²) >= 11 is 5.89. The van der Waals surface area contributed by atoms with E-state index in [1.54, 1.807) is 176 Å². The maximum Gasteiger partial charge on any atom is 0.291 e. The molecule has 15 aromatic rings. The van der Waals surface area contributed by atoms with Crippen LogP contribution < -0.4 is 66.3 Å². The summed E-state index contributed by atoms with van der Waals surface area (Å²) in [6.07, 6.45) is 18.0. The van der Waals surface area contributed by atoms with Crippen molar-refractivity contribution in [3.05, 3.63) is 386 Å². The van der Waals surface area contributed by atoms with Gasteiger partial charge in [-0.05, 0) is 220 Å². The summed E-state index contributed by atoms with van der Waals surface area (Å²) in [6.45, 7) is 9.95. The SMILES string of the molecule is CC(C)c1cc(C(=O)N/N=C/c2ccco2)n[nH]1.COc1cc(/C=N/NC(=O)c2cc(-c3ccco3)[nH]n2)cc(OC)c1OC.COc1ccc(/C=C(/NC(=O)c2ccccc2)C(=O)N/N=C\C=C\c2ccc(C)o2)cc1OC.Cc1ccc(/C=N/NC(=O)c2ccccc2Cl)o1.Cc1ccc(/C=N/NC(=O)c2ccccc2OCc2ccccc2)o1.O=C(N/N=C/c1ccco1)c1ccc(O)cc1. The van der Waals surface area contributed by atoms with Crippen molar-refractivity contribution in [3.8, 4) is 51.7 Å². The fourth-order valence-corrected chi connectivity index (χ4v) is 11.7.